The maximum absolute atomic E-state index is 14.3. The summed E-state index contributed by atoms with van der Waals surface area (Å²) in [6, 6.07) is 1.54. The minimum absolute atomic E-state index is 0. The Kier molecular flexibility index (Phi) is 8.94. The van der Waals surface area contributed by atoms with E-state index in [0.29, 0.717) is 6.07 Å². The SMILES string of the molecule is Cl.Cn1cc(S(=O)(=O)N2CCN(C3(CNC(=O)c4ccc(C(F)(F)F)cc4F)CCC(F)(F)CC3)CC2)nn1. The van der Waals surface area contributed by atoms with Crippen LogP contribution in [0.15, 0.2) is 29.4 Å². The van der Waals surface area contributed by atoms with Gasteiger partial charge in [-0.3, -0.25) is 14.4 Å². The number of aryl methyl sites for hydroxylation is 1. The molecule has 0 unspecified atom stereocenters. The van der Waals surface area contributed by atoms with Gasteiger partial charge in [-0.1, -0.05) is 5.21 Å². The first-order valence-corrected chi connectivity index (χ1v) is 13.2. The Balaban J connectivity index is 0.00000420. The maximum atomic E-state index is 14.3. The Labute approximate surface area is 227 Å². The smallest absolute Gasteiger partial charge is 0.350 e. The van der Waals surface area contributed by atoms with Crippen LogP contribution in [-0.4, -0.2) is 82.7 Å². The van der Waals surface area contributed by atoms with E-state index in [9.17, 15) is 39.6 Å². The number of rotatable bonds is 6. The summed E-state index contributed by atoms with van der Waals surface area (Å²) < 4.78 is 109. The fourth-order valence-electron chi connectivity index (χ4n) is 4.88. The van der Waals surface area contributed by atoms with E-state index in [0.717, 1.165) is 6.07 Å². The summed E-state index contributed by atoms with van der Waals surface area (Å²) >= 11 is 0. The molecule has 1 amide bonds. The van der Waals surface area contributed by atoms with Crippen LogP contribution < -0.4 is 5.32 Å². The second-order valence-electron chi connectivity index (χ2n) is 9.58. The average molecular weight is 605 g/mol. The fourth-order valence-corrected chi connectivity index (χ4v) is 6.21. The minimum Gasteiger partial charge on any atom is -0.350 e. The molecular weight excluding hydrogens is 578 g/mol. The van der Waals surface area contributed by atoms with Gasteiger partial charge in [-0.15, -0.1) is 17.5 Å². The number of aromatic nitrogens is 3. The Morgan fingerprint density at radius 3 is 2.21 bits per heavy atom. The van der Waals surface area contributed by atoms with Crippen LogP contribution in [0.5, 0.6) is 0 Å². The largest absolute Gasteiger partial charge is 0.416 e. The molecular formula is C22H27ClF6N6O3S. The molecule has 0 bridgehead atoms. The highest BCUT2D eigenvalue weighted by atomic mass is 35.5. The van der Waals surface area contributed by atoms with Crippen molar-refractivity contribution in [2.45, 2.75) is 48.3 Å². The lowest BCUT2D eigenvalue weighted by Crippen LogP contribution is -2.63. The lowest BCUT2D eigenvalue weighted by atomic mass is 9.78. The zero-order valence-electron chi connectivity index (χ0n) is 20.7. The van der Waals surface area contributed by atoms with Crippen molar-refractivity contribution < 1.29 is 39.6 Å². The first kappa shape index (κ1) is 31.1. The summed E-state index contributed by atoms with van der Waals surface area (Å²) in [5.41, 5.74) is -2.82. The maximum Gasteiger partial charge on any atom is 0.416 e. The Morgan fingerprint density at radius 2 is 1.69 bits per heavy atom. The van der Waals surface area contributed by atoms with Crippen molar-refractivity contribution in [1.29, 1.82) is 0 Å². The number of piperazine rings is 1. The van der Waals surface area contributed by atoms with Gasteiger partial charge in [0, 0.05) is 58.2 Å². The van der Waals surface area contributed by atoms with Gasteiger partial charge in [-0.2, -0.15) is 17.5 Å². The zero-order valence-corrected chi connectivity index (χ0v) is 22.4. The second-order valence-corrected chi connectivity index (χ2v) is 11.5. The van der Waals surface area contributed by atoms with Gasteiger partial charge in [0.25, 0.3) is 15.9 Å². The molecule has 1 aliphatic heterocycles. The van der Waals surface area contributed by atoms with Crippen LogP contribution in [-0.2, 0) is 23.2 Å². The molecule has 4 rings (SSSR count). The van der Waals surface area contributed by atoms with Crippen molar-refractivity contribution in [2.24, 2.45) is 7.05 Å². The number of alkyl halides is 5. The van der Waals surface area contributed by atoms with Crippen LogP contribution in [0.1, 0.15) is 41.6 Å². The third-order valence-corrected chi connectivity index (χ3v) is 8.89. The number of nitrogens with one attached hydrogen (secondary N) is 1. The van der Waals surface area contributed by atoms with Gasteiger partial charge in [0.15, 0.2) is 0 Å². The molecule has 17 heteroatoms. The Morgan fingerprint density at radius 1 is 1.08 bits per heavy atom. The van der Waals surface area contributed by atoms with Crippen LogP contribution >= 0.6 is 12.4 Å². The van der Waals surface area contributed by atoms with Crippen LogP contribution in [0.25, 0.3) is 0 Å². The predicted molar refractivity (Wildman–Crippen MR) is 128 cm³/mol. The number of benzene rings is 1. The average Bonchev–Trinajstić information content (AvgIpc) is 3.30. The van der Waals surface area contributed by atoms with Crippen LogP contribution in [0.3, 0.4) is 0 Å². The summed E-state index contributed by atoms with van der Waals surface area (Å²) in [6.07, 6.45) is -4.48. The molecule has 39 heavy (non-hydrogen) atoms. The molecule has 0 atom stereocenters. The molecule has 1 aliphatic carbocycles. The molecule has 2 heterocycles. The van der Waals surface area contributed by atoms with E-state index in [1.54, 1.807) is 0 Å². The minimum atomic E-state index is -4.78. The van der Waals surface area contributed by atoms with Gasteiger partial charge in [0.1, 0.15) is 5.82 Å². The van der Waals surface area contributed by atoms with Crippen LogP contribution in [0.2, 0.25) is 0 Å². The number of sulfonamides is 1. The molecule has 2 fully saturated rings. The highest BCUT2D eigenvalue weighted by molar-refractivity contribution is 7.89. The lowest BCUT2D eigenvalue weighted by molar-refractivity contribution is -0.137. The van der Waals surface area contributed by atoms with Crippen LogP contribution in [0, 0.1) is 5.82 Å². The van der Waals surface area contributed by atoms with Gasteiger partial charge in [0.05, 0.1) is 17.3 Å². The first-order chi connectivity index (χ1) is 17.6. The summed E-state index contributed by atoms with van der Waals surface area (Å²) in [5, 5.41) is 9.57. The number of halogens is 7. The van der Waals surface area contributed by atoms with E-state index >= 15 is 0 Å². The number of carbonyl (C=O) groups is 1. The molecule has 1 aromatic heterocycles. The number of amides is 1. The quantitative estimate of drug-likeness (QED) is 0.509. The van der Waals surface area contributed by atoms with Crippen molar-refractivity contribution in [3.63, 3.8) is 0 Å². The van der Waals surface area contributed by atoms with Crippen molar-refractivity contribution in [3.8, 4) is 0 Å². The Hall–Kier alpha value is -2.43. The summed E-state index contributed by atoms with van der Waals surface area (Å²) in [5.74, 6) is -5.23. The number of hydrogen-bond donors (Lipinski definition) is 1. The van der Waals surface area contributed by atoms with Crippen molar-refractivity contribution in [3.05, 3.63) is 41.3 Å². The van der Waals surface area contributed by atoms with Crippen molar-refractivity contribution in [1.82, 2.24) is 29.5 Å². The van der Waals surface area contributed by atoms with E-state index in [4.69, 9.17) is 0 Å². The zero-order chi connectivity index (χ0) is 27.9. The van der Waals surface area contributed by atoms with Crippen molar-refractivity contribution >= 4 is 28.3 Å². The molecule has 218 valence electrons. The van der Waals surface area contributed by atoms with E-state index in [-0.39, 0.29) is 69.1 Å². The standard InChI is InChI=1S/C22H26F6N6O3S.ClH/c1-32-13-18(30-31-32)38(36,37)34-10-8-33(9-11-34)20(4-6-21(24,25)7-5-20)14-29-19(35)16-3-2-15(12-17(16)23)22(26,27)28;/h2-3,12-13H,4-11,14H2,1H3,(H,29,35);1H. The molecule has 1 aromatic carbocycles. The predicted octanol–water partition coefficient (Wildman–Crippen LogP) is 3.08. The third-order valence-electron chi connectivity index (χ3n) is 7.13. The molecule has 2 aromatic rings. The second kappa shape index (κ2) is 11.2. The summed E-state index contributed by atoms with van der Waals surface area (Å²) in [7, 11) is -2.39. The number of nitrogens with zero attached hydrogens (tertiary/aromatic N) is 5. The normalized spacial score (nSPS) is 20.3. The first-order valence-electron chi connectivity index (χ1n) is 11.8. The number of hydrogen-bond acceptors (Lipinski definition) is 6. The molecule has 0 spiro atoms. The molecule has 1 N–H and O–H groups in total. The Bertz CT molecular complexity index is 1290. The fraction of sp³-hybridized carbons (Fsp3) is 0.591. The molecule has 2 aliphatic rings. The lowest BCUT2D eigenvalue weighted by Gasteiger charge is -2.50. The van der Waals surface area contributed by atoms with E-state index in [1.165, 1.54) is 22.2 Å². The molecule has 1 saturated carbocycles. The van der Waals surface area contributed by atoms with E-state index in [1.807, 2.05) is 4.90 Å². The topological polar surface area (TPSA) is 100 Å². The van der Waals surface area contributed by atoms with Gasteiger partial charge in [0.2, 0.25) is 10.9 Å². The number of carbonyl (C=O) groups excluding carboxylic acids is 1. The third kappa shape index (κ3) is 6.66. The molecule has 1 saturated heterocycles. The van der Waals surface area contributed by atoms with Gasteiger partial charge in [-0.25, -0.2) is 21.6 Å². The van der Waals surface area contributed by atoms with Crippen LogP contribution in [0.4, 0.5) is 26.3 Å². The van der Waals surface area contributed by atoms with Gasteiger partial charge < -0.3 is 5.32 Å². The molecule has 0 radical (unpaired) electrons. The van der Waals surface area contributed by atoms with E-state index < -0.39 is 63.4 Å². The van der Waals surface area contributed by atoms with Gasteiger partial charge in [-0.05, 0) is 31.0 Å². The monoisotopic (exact) mass is 604 g/mol. The molecule has 9 nitrogen and oxygen atoms in total. The van der Waals surface area contributed by atoms with E-state index in [2.05, 4.69) is 15.6 Å². The van der Waals surface area contributed by atoms with Crippen molar-refractivity contribution in [2.75, 3.05) is 32.7 Å². The highest BCUT2D eigenvalue weighted by Crippen LogP contribution is 2.42. The van der Waals surface area contributed by atoms with Gasteiger partial charge >= 0.3 is 6.18 Å². The summed E-state index contributed by atoms with van der Waals surface area (Å²) in [4.78, 5) is 14.5. The summed E-state index contributed by atoms with van der Waals surface area (Å²) in [6.45, 7) is 0.265. The highest BCUT2D eigenvalue weighted by Gasteiger charge is 2.48.